The highest BCUT2D eigenvalue weighted by Gasteiger charge is 2.05. The Kier molecular flexibility index (Phi) is 2.95. The largest absolute Gasteiger partial charge is 0.378 e. The predicted molar refractivity (Wildman–Crippen MR) is 79.3 cm³/mol. The van der Waals surface area contributed by atoms with E-state index in [0.29, 0.717) is 6.54 Å². The number of anilines is 1. The van der Waals surface area contributed by atoms with Crippen LogP contribution in [-0.2, 0) is 6.54 Å². The zero-order chi connectivity index (χ0) is 13.2. The molecule has 0 bridgehead atoms. The molecule has 3 heteroatoms. The second-order valence-corrected chi connectivity index (χ2v) is 4.88. The van der Waals surface area contributed by atoms with Crippen molar-refractivity contribution in [1.82, 2.24) is 9.97 Å². The summed E-state index contributed by atoms with van der Waals surface area (Å²) in [6, 6.07) is 14.5. The SMILES string of the molecule is Cc1cc(C)c2nc(CNc3ccccc3)[nH]c2c1. The van der Waals surface area contributed by atoms with Gasteiger partial charge in [-0.25, -0.2) is 4.98 Å². The van der Waals surface area contributed by atoms with E-state index < -0.39 is 0 Å². The van der Waals surface area contributed by atoms with Gasteiger partial charge in [0.05, 0.1) is 17.6 Å². The van der Waals surface area contributed by atoms with Crippen LogP contribution >= 0.6 is 0 Å². The molecule has 0 aliphatic carbocycles. The summed E-state index contributed by atoms with van der Waals surface area (Å²) in [5, 5.41) is 3.36. The number of H-pyrrole nitrogens is 1. The lowest BCUT2D eigenvalue weighted by molar-refractivity contribution is 1.01. The van der Waals surface area contributed by atoms with E-state index in [1.165, 1.54) is 11.1 Å². The highest BCUT2D eigenvalue weighted by atomic mass is 15.0. The molecule has 0 aliphatic heterocycles. The third-order valence-electron chi connectivity index (χ3n) is 3.20. The van der Waals surface area contributed by atoms with Gasteiger partial charge < -0.3 is 10.3 Å². The van der Waals surface area contributed by atoms with Crippen LogP contribution in [0, 0.1) is 13.8 Å². The zero-order valence-electron chi connectivity index (χ0n) is 11.2. The number of nitrogens with one attached hydrogen (secondary N) is 2. The average molecular weight is 251 g/mol. The zero-order valence-corrected chi connectivity index (χ0v) is 11.2. The van der Waals surface area contributed by atoms with E-state index in [-0.39, 0.29) is 0 Å². The number of imidazole rings is 1. The smallest absolute Gasteiger partial charge is 0.126 e. The van der Waals surface area contributed by atoms with Crippen LogP contribution in [0.2, 0.25) is 0 Å². The molecule has 1 aromatic heterocycles. The lowest BCUT2D eigenvalue weighted by Crippen LogP contribution is -2.00. The van der Waals surface area contributed by atoms with Crippen molar-refractivity contribution in [2.45, 2.75) is 20.4 Å². The van der Waals surface area contributed by atoms with Crippen LogP contribution in [0.25, 0.3) is 11.0 Å². The lowest BCUT2D eigenvalue weighted by Gasteiger charge is -2.02. The second kappa shape index (κ2) is 4.76. The first-order chi connectivity index (χ1) is 9.22. The topological polar surface area (TPSA) is 40.7 Å². The Balaban J connectivity index is 1.84. The standard InChI is InChI=1S/C16H17N3/c1-11-8-12(2)16-14(9-11)18-15(19-16)10-17-13-6-4-3-5-7-13/h3-9,17H,10H2,1-2H3,(H,18,19). The molecule has 2 N–H and O–H groups in total. The molecule has 0 radical (unpaired) electrons. The molecule has 96 valence electrons. The molecular weight excluding hydrogens is 234 g/mol. The molecule has 0 aliphatic rings. The fourth-order valence-electron chi connectivity index (χ4n) is 2.35. The minimum Gasteiger partial charge on any atom is -0.378 e. The molecule has 19 heavy (non-hydrogen) atoms. The maximum Gasteiger partial charge on any atom is 0.126 e. The molecule has 0 saturated carbocycles. The molecule has 0 amide bonds. The molecule has 0 atom stereocenters. The van der Waals surface area contributed by atoms with Crippen molar-refractivity contribution in [3.05, 3.63) is 59.4 Å². The lowest BCUT2D eigenvalue weighted by atomic mass is 10.1. The van der Waals surface area contributed by atoms with Crippen molar-refractivity contribution >= 4 is 16.7 Å². The number of aryl methyl sites for hydroxylation is 2. The molecule has 1 heterocycles. The van der Waals surface area contributed by atoms with Gasteiger partial charge in [-0.15, -0.1) is 0 Å². The van der Waals surface area contributed by atoms with Crippen LogP contribution in [0.4, 0.5) is 5.69 Å². The minimum atomic E-state index is 0.706. The number of hydrogen-bond acceptors (Lipinski definition) is 2. The number of rotatable bonds is 3. The molecule has 3 rings (SSSR count). The number of aromatic amines is 1. The van der Waals surface area contributed by atoms with Gasteiger partial charge in [0.25, 0.3) is 0 Å². The first kappa shape index (κ1) is 11.8. The van der Waals surface area contributed by atoms with Crippen molar-refractivity contribution in [2.24, 2.45) is 0 Å². The van der Waals surface area contributed by atoms with Gasteiger partial charge in [0, 0.05) is 5.69 Å². The van der Waals surface area contributed by atoms with E-state index in [4.69, 9.17) is 0 Å². The van der Waals surface area contributed by atoms with Crippen LogP contribution in [0.3, 0.4) is 0 Å². The van der Waals surface area contributed by atoms with Gasteiger partial charge in [-0.05, 0) is 43.2 Å². The number of aromatic nitrogens is 2. The first-order valence-electron chi connectivity index (χ1n) is 6.47. The molecule has 0 saturated heterocycles. The summed E-state index contributed by atoms with van der Waals surface area (Å²) < 4.78 is 0. The summed E-state index contributed by atoms with van der Waals surface area (Å²) in [5.41, 5.74) is 5.77. The van der Waals surface area contributed by atoms with Crippen LogP contribution in [0.5, 0.6) is 0 Å². The Bertz CT molecular complexity index is 699. The quantitative estimate of drug-likeness (QED) is 0.743. The number of fused-ring (bicyclic) bond motifs is 1. The van der Waals surface area contributed by atoms with E-state index in [1.54, 1.807) is 0 Å². The molecule has 0 fully saturated rings. The molecule has 3 nitrogen and oxygen atoms in total. The van der Waals surface area contributed by atoms with Crippen molar-refractivity contribution in [1.29, 1.82) is 0 Å². The molecule has 0 unspecified atom stereocenters. The summed E-state index contributed by atoms with van der Waals surface area (Å²) in [6.07, 6.45) is 0. The summed E-state index contributed by atoms with van der Waals surface area (Å²) in [7, 11) is 0. The summed E-state index contributed by atoms with van der Waals surface area (Å²) >= 11 is 0. The van der Waals surface area contributed by atoms with Gasteiger partial charge in [0.15, 0.2) is 0 Å². The van der Waals surface area contributed by atoms with E-state index >= 15 is 0 Å². The van der Waals surface area contributed by atoms with E-state index in [1.807, 2.05) is 18.2 Å². The highest BCUT2D eigenvalue weighted by molar-refractivity contribution is 5.79. The average Bonchev–Trinajstić information content (AvgIpc) is 2.81. The van der Waals surface area contributed by atoms with Gasteiger partial charge in [-0.1, -0.05) is 24.3 Å². The Labute approximate surface area is 112 Å². The van der Waals surface area contributed by atoms with Gasteiger partial charge in [-0.2, -0.15) is 0 Å². The maximum atomic E-state index is 4.65. The Morgan fingerprint density at radius 3 is 2.68 bits per heavy atom. The van der Waals surface area contributed by atoms with E-state index in [2.05, 4.69) is 53.4 Å². The third-order valence-corrected chi connectivity index (χ3v) is 3.20. The van der Waals surface area contributed by atoms with Gasteiger partial charge in [0.1, 0.15) is 5.82 Å². The molecule has 2 aromatic carbocycles. The molecule has 3 aromatic rings. The highest BCUT2D eigenvalue weighted by Crippen LogP contribution is 2.18. The fraction of sp³-hybridized carbons (Fsp3) is 0.188. The monoisotopic (exact) mass is 251 g/mol. The van der Waals surface area contributed by atoms with E-state index in [0.717, 1.165) is 22.5 Å². The minimum absolute atomic E-state index is 0.706. The third kappa shape index (κ3) is 2.45. The van der Waals surface area contributed by atoms with Crippen molar-refractivity contribution in [2.75, 3.05) is 5.32 Å². The first-order valence-corrected chi connectivity index (χ1v) is 6.47. The Hall–Kier alpha value is -2.29. The fourth-order valence-corrected chi connectivity index (χ4v) is 2.35. The van der Waals surface area contributed by atoms with Gasteiger partial charge in [0.2, 0.25) is 0 Å². The van der Waals surface area contributed by atoms with Gasteiger partial charge in [-0.3, -0.25) is 0 Å². The summed E-state index contributed by atoms with van der Waals surface area (Å²) in [4.78, 5) is 8.02. The summed E-state index contributed by atoms with van der Waals surface area (Å²) in [5.74, 6) is 0.965. The van der Waals surface area contributed by atoms with Crippen LogP contribution in [0.15, 0.2) is 42.5 Å². The van der Waals surface area contributed by atoms with Crippen LogP contribution in [0.1, 0.15) is 17.0 Å². The second-order valence-electron chi connectivity index (χ2n) is 4.88. The normalized spacial score (nSPS) is 10.8. The van der Waals surface area contributed by atoms with Crippen molar-refractivity contribution in [3.63, 3.8) is 0 Å². The molecule has 0 spiro atoms. The van der Waals surface area contributed by atoms with Crippen LogP contribution < -0.4 is 5.32 Å². The van der Waals surface area contributed by atoms with Crippen LogP contribution in [-0.4, -0.2) is 9.97 Å². The Morgan fingerprint density at radius 1 is 1.11 bits per heavy atom. The maximum absolute atomic E-state index is 4.65. The summed E-state index contributed by atoms with van der Waals surface area (Å²) in [6.45, 7) is 4.91. The van der Waals surface area contributed by atoms with Gasteiger partial charge >= 0.3 is 0 Å². The van der Waals surface area contributed by atoms with Crippen molar-refractivity contribution < 1.29 is 0 Å². The predicted octanol–water partition coefficient (Wildman–Crippen LogP) is 3.79. The number of nitrogens with zero attached hydrogens (tertiary/aromatic N) is 1. The molecular formula is C16H17N3. The number of para-hydroxylation sites is 1. The van der Waals surface area contributed by atoms with E-state index in [9.17, 15) is 0 Å². The Morgan fingerprint density at radius 2 is 1.89 bits per heavy atom. The number of benzene rings is 2. The number of hydrogen-bond donors (Lipinski definition) is 2. The van der Waals surface area contributed by atoms with Crippen molar-refractivity contribution in [3.8, 4) is 0 Å².